The monoisotopic (exact) mass is 200 g/mol. The Morgan fingerprint density at radius 2 is 2.62 bits per heavy atom. The maximum Gasteiger partial charge on any atom is 0.322 e. The first-order valence-electron chi connectivity index (χ1n) is 3.93. The minimum absolute atomic E-state index is 0.253. The average Bonchev–Trinajstić information content (AvgIpc) is 2.65. The number of carbonyl (C=O) groups excluding carboxylic acids is 1. The highest BCUT2D eigenvalue weighted by Gasteiger charge is 2.11. The van der Waals surface area contributed by atoms with Gasteiger partial charge in [0.2, 0.25) is 0 Å². The molecule has 0 spiro atoms. The second-order valence-electron chi connectivity index (χ2n) is 2.55. The summed E-state index contributed by atoms with van der Waals surface area (Å²) < 4.78 is 4.56. The number of rotatable bonds is 4. The van der Waals surface area contributed by atoms with Gasteiger partial charge in [-0.3, -0.25) is 10.1 Å². The lowest BCUT2D eigenvalue weighted by molar-refractivity contribution is -0.142. The van der Waals surface area contributed by atoms with Crippen molar-refractivity contribution in [1.29, 1.82) is 0 Å². The highest BCUT2D eigenvalue weighted by molar-refractivity contribution is 7.09. The summed E-state index contributed by atoms with van der Waals surface area (Å²) in [6, 6.07) is -0.283. The Bertz CT molecular complexity index is 261. The van der Waals surface area contributed by atoms with Crippen molar-refractivity contribution in [1.82, 2.24) is 10.3 Å². The third-order valence-electron chi connectivity index (χ3n) is 1.60. The number of thiazole rings is 1. The number of hydrogen-bond acceptors (Lipinski definition) is 5. The molecule has 0 bridgehead atoms. The molecule has 1 aromatic rings. The van der Waals surface area contributed by atoms with Crippen LogP contribution in [0.3, 0.4) is 0 Å². The van der Waals surface area contributed by atoms with Gasteiger partial charge in [-0.05, 0) is 6.92 Å². The number of esters is 1. The van der Waals surface area contributed by atoms with Gasteiger partial charge in [0.15, 0.2) is 0 Å². The van der Waals surface area contributed by atoms with E-state index in [0.29, 0.717) is 6.54 Å². The second-order valence-corrected chi connectivity index (χ2v) is 3.53. The molecule has 0 amide bonds. The molecule has 1 aromatic heterocycles. The van der Waals surface area contributed by atoms with Crippen molar-refractivity contribution >= 4 is 17.3 Å². The molecule has 0 radical (unpaired) electrons. The van der Waals surface area contributed by atoms with E-state index in [0.717, 1.165) is 5.01 Å². The Kier molecular flexibility index (Phi) is 3.85. The highest BCUT2D eigenvalue weighted by Crippen LogP contribution is 2.03. The molecule has 1 heterocycles. The fraction of sp³-hybridized carbons (Fsp3) is 0.500. The Balaban J connectivity index is 2.30. The van der Waals surface area contributed by atoms with E-state index in [4.69, 9.17) is 0 Å². The van der Waals surface area contributed by atoms with Gasteiger partial charge in [0.25, 0.3) is 0 Å². The fourth-order valence-electron chi connectivity index (χ4n) is 0.841. The molecule has 5 heteroatoms. The quantitative estimate of drug-likeness (QED) is 0.730. The molecule has 1 N–H and O–H groups in total. The van der Waals surface area contributed by atoms with E-state index in [1.54, 1.807) is 24.5 Å². The summed E-state index contributed by atoms with van der Waals surface area (Å²) >= 11 is 1.56. The van der Waals surface area contributed by atoms with Crippen LogP contribution < -0.4 is 5.32 Å². The molecule has 1 atom stereocenters. The van der Waals surface area contributed by atoms with Gasteiger partial charge < -0.3 is 4.74 Å². The molecule has 0 saturated heterocycles. The first-order valence-corrected chi connectivity index (χ1v) is 4.81. The zero-order chi connectivity index (χ0) is 9.68. The van der Waals surface area contributed by atoms with Gasteiger partial charge in [-0.25, -0.2) is 4.98 Å². The standard InChI is InChI=1S/C8H12N2O2S/c1-6(8(11)12-2)10-5-7-9-3-4-13-7/h3-4,6,10H,5H2,1-2H3/t6-/m0/s1. The normalized spacial score (nSPS) is 12.5. The molecule has 0 aromatic carbocycles. The lowest BCUT2D eigenvalue weighted by atomic mass is 10.3. The Hall–Kier alpha value is -0.940. The molecular formula is C8H12N2O2S. The second kappa shape index (κ2) is 4.94. The molecule has 1 rings (SSSR count). The minimum atomic E-state index is -0.283. The first-order chi connectivity index (χ1) is 6.24. The van der Waals surface area contributed by atoms with Crippen molar-refractivity contribution in [3.63, 3.8) is 0 Å². The third kappa shape index (κ3) is 3.12. The molecular weight excluding hydrogens is 188 g/mol. The van der Waals surface area contributed by atoms with Gasteiger partial charge in [-0.15, -0.1) is 11.3 Å². The summed E-state index contributed by atoms with van der Waals surface area (Å²) in [7, 11) is 1.38. The molecule has 0 saturated carbocycles. The van der Waals surface area contributed by atoms with Crippen LogP contribution in [-0.4, -0.2) is 24.1 Å². The lowest BCUT2D eigenvalue weighted by Crippen LogP contribution is -2.34. The van der Waals surface area contributed by atoms with Gasteiger partial charge in [-0.1, -0.05) is 0 Å². The van der Waals surface area contributed by atoms with Gasteiger partial charge in [0.1, 0.15) is 11.0 Å². The van der Waals surface area contributed by atoms with E-state index in [9.17, 15) is 4.79 Å². The van der Waals surface area contributed by atoms with Crippen molar-refractivity contribution in [3.8, 4) is 0 Å². The van der Waals surface area contributed by atoms with Gasteiger partial charge in [0.05, 0.1) is 7.11 Å². The van der Waals surface area contributed by atoms with Crippen LogP contribution in [0.4, 0.5) is 0 Å². The van der Waals surface area contributed by atoms with Crippen LogP contribution in [-0.2, 0) is 16.1 Å². The van der Waals surface area contributed by atoms with Crippen molar-refractivity contribution in [2.75, 3.05) is 7.11 Å². The van der Waals surface area contributed by atoms with E-state index >= 15 is 0 Å². The zero-order valence-electron chi connectivity index (χ0n) is 7.61. The third-order valence-corrected chi connectivity index (χ3v) is 2.38. The average molecular weight is 200 g/mol. The molecule has 0 fully saturated rings. The number of nitrogens with zero attached hydrogens (tertiary/aromatic N) is 1. The van der Waals surface area contributed by atoms with Crippen LogP contribution in [0.25, 0.3) is 0 Å². The van der Waals surface area contributed by atoms with E-state index in [1.807, 2.05) is 5.38 Å². The van der Waals surface area contributed by atoms with Crippen LogP contribution in [0.2, 0.25) is 0 Å². The predicted molar refractivity (Wildman–Crippen MR) is 50.4 cm³/mol. The number of aromatic nitrogens is 1. The zero-order valence-corrected chi connectivity index (χ0v) is 8.43. The number of ether oxygens (including phenoxy) is 1. The maximum absolute atomic E-state index is 11.0. The number of hydrogen-bond donors (Lipinski definition) is 1. The SMILES string of the molecule is COC(=O)[C@H](C)NCc1nccs1. The summed E-state index contributed by atoms with van der Waals surface area (Å²) in [6.45, 7) is 2.37. The van der Waals surface area contributed by atoms with Crippen LogP contribution in [0.5, 0.6) is 0 Å². The van der Waals surface area contributed by atoms with Gasteiger partial charge >= 0.3 is 5.97 Å². The Morgan fingerprint density at radius 1 is 1.85 bits per heavy atom. The van der Waals surface area contributed by atoms with Crippen molar-refractivity contribution in [3.05, 3.63) is 16.6 Å². The van der Waals surface area contributed by atoms with Gasteiger partial charge in [-0.2, -0.15) is 0 Å². The lowest BCUT2D eigenvalue weighted by Gasteiger charge is -2.09. The summed E-state index contributed by atoms with van der Waals surface area (Å²) in [5, 5.41) is 5.88. The van der Waals surface area contributed by atoms with Crippen molar-refractivity contribution in [2.24, 2.45) is 0 Å². The number of nitrogens with one attached hydrogen (secondary N) is 1. The van der Waals surface area contributed by atoms with Crippen molar-refractivity contribution in [2.45, 2.75) is 19.5 Å². The fourth-order valence-corrected chi connectivity index (χ4v) is 1.41. The van der Waals surface area contributed by atoms with Crippen LogP contribution >= 0.6 is 11.3 Å². The molecule has 0 aliphatic carbocycles. The van der Waals surface area contributed by atoms with E-state index in [-0.39, 0.29) is 12.0 Å². The Labute approximate surface area is 80.9 Å². The molecule has 0 unspecified atom stereocenters. The molecule has 13 heavy (non-hydrogen) atoms. The van der Waals surface area contributed by atoms with Crippen LogP contribution in [0.1, 0.15) is 11.9 Å². The van der Waals surface area contributed by atoms with E-state index in [1.165, 1.54) is 7.11 Å². The van der Waals surface area contributed by atoms with Crippen LogP contribution in [0, 0.1) is 0 Å². The first kappa shape index (κ1) is 10.1. The Morgan fingerprint density at radius 3 is 3.15 bits per heavy atom. The summed E-state index contributed by atoms with van der Waals surface area (Å²) in [6.07, 6.45) is 1.74. The highest BCUT2D eigenvalue weighted by atomic mass is 32.1. The van der Waals surface area contributed by atoms with E-state index in [2.05, 4.69) is 15.0 Å². The topological polar surface area (TPSA) is 51.2 Å². The summed E-state index contributed by atoms with van der Waals surface area (Å²) in [4.78, 5) is 15.0. The maximum atomic E-state index is 11.0. The molecule has 0 aliphatic heterocycles. The minimum Gasteiger partial charge on any atom is -0.468 e. The smallest absolute Gasteiger partial charge is 0.322 e. The molecule has 0 aliphatic rings. The summed E-state index contributed by atoms with van der Waals surface area (Å²) in [5.41, 5.74) is 0. The van der Waals surface area contributed by atoms with Gasteiger partial charge in [0, 0.05) is 18.1 Å². The predicted octanol–water partition coefficient (Wildman–Crippen LogP) is 0.794. The number of carbonyl (C=O) groups is 1. The summed E-state index contributed by atoms with van der Waals surface area (Å²) in [5.74, 6) is -0.253. The molecule has 4 nitrogen and oxygen atoms in total. The van der Waals surface area contributed by atoms with E-state index < -0.39 is 0 Å². The number of methoxy groups -OCH3 is 1. The van der Waals surface area contributed by atoms with Crippen molar-refractivity contribution < 1.29 is 9.53 Å². The van der Waals surface area contributed by atoms with Crippen LogP contribution in [0.15, 0.2) is 11.6 Å². The molecule has 72 valence electrons. The largest absolute Gasteiger partial charge is 0.468 e.